The standard InChI is InChI=1S/C20H21FN2O3/c21-16-3-1-15(2-4-16)13-20(24)23-9-7-22(8-10-23)17-5-6-18-19(14-17)26-12-11-25-18/h1-6,14H,7-13H2. The number of benzene rings is 2. The van der Waals surface area contributed by atoms with Crippen molar-refractivity contribution in [3.63, 3.8) is 0 Å². The normalized spacial score (nSPS) is 16.5. The van der Waals surface area contributed by atoms with E-state index in [0.717, 1.165) is 35.8 Å². The van der Waals surface area contributed by atoms with Crippen molar-refractivity contribution < 1.29 is 18.7 Å². The quantitative estimate of drug-likeness (QED) is 0.847. The third-order valence-electron chi connectivity index (χ3n) is 4.79. The first-order valence-corrected chi connectivity index (χ1v) is 8.86. The molecule has 0 aliphatic carbocycles. The lowest BCUT2D eigenvalue weighted by Gasteiger charge is -2.36. The van der Waals surface area contributed by atoms with Gasteiger partial charge in [-0.25, -0.2) is 4.39 Å². The summed E-state index contributed by atoms with van der Waals surface area (Å²) in [6.45, 7) is 4.05. The van der Waals surface area contributed by atoms with Crippen molar-refractivity contribution >= 4 is 11.6 Å². The molecule has 5 nitrogen and oxygen atoms in total. The van der Waals surface area contributed by atoms with E-state index in [2.05, 4.69) is 4.90 Å². The van der Waals surface area contributed by atoms with Crippen molar-refractivity contribution in [2.24, 2.45) is 0 Å². The van der Waals surface area contributed by atoms with Gasteiger partial charge in [0.2, 0.25) is 5.91 Å². The molecular formula is C20H21FN2O3. The summed E-state index contributed by atoms with van der Waals surface area (Å²) in [5.41, 5.74) is 1.92. The molecule has 2 heterocycles. The number of fused-ring (bicyclic) bond motifs is 1. The van der Waals surface area contributed by atoms with Crippen LogP contribution in [0.3, 0.4) is 0 Å². The summed E-state index contributed by atoms with van der Waals surface area (Å²) in [4.78, 5) is 16.6. The van der Waals surface area contributed by atoms with Crippen LogP contribution in [0.4, 0.5) is 10.1 Å². The van der Waals surface area contributed by atoms with Crippen LogP contribution in [0.1, 0.15) is 5.56 Å². The highest BCUT2D eigenvalue weighted by atomic mass is 19.1. The molecule has 2 aliphatic rings. The summed E-state index contributed by atoms with van der Waals surface area (Å²) < 4.78 is 24.2. The first-order valence-electron chi connectivity index (χ1n) is 8.86. The fourth-order valence-electron chi connectivity index (χ4n) is 3.33. The van der Waals surface area contributed by atoms with Crippen molar-refractivity contribution in [2.75, 3.05) is 44.3 Å². The van der Waals surface area contributed by atoms with E-state index in [-0.39, 0.29) is 11.7 Å². The molecule has 0 bridgehead atoms. The topological polar surface area (TPSA) is 42.0 Å². The van der Waals surface area contributed by atoms with E-state index in [1.54, 1.807) is 12.1 Å². The fraction of sp³-hybridized carbons (Fsp3) is 0.350. The summed E-state index contributed by atoms with van der Waals surface area (Å²) in [7, 11) is 0. The zero-order valence-electron chi connectivity index (χ0n) is 14.5. The second-order valence-electron chi connectivity index (χ2n) is 6.50. The zero-order chi connectivity index (χ0) is 17.9. The summed E-state index contributed by atoms with van der Waals surface area (Å²) >= 11 is 0. The van der Waals surface area contributed by atoms with Crippen LogP contribution in [0.2, 0.25) is 0 Å². The van der Waals surface area contributed by atoms with Gasteiger partial charge >= 0.3 is 0 Å². The molecule has 0 atom stereocenters. The summed E-state index contributed by atoms with van der Waals surface area (Å²) in [5, 5.41) is 0. The number of carbonyl (C=O) groups excluding carboxylic acids is 1. The Balaban J connectivity index is 1.35. The number of hydrogen-bond acceptors (Lipinski definition) is 4. The van der Waals surface area contributed by atoms with Gasteiger partial charge in [0.05, 0.1) is 6.42 Å². The maximum atomic E-state index is 13.0. The third kappa shape index (κ3) is 3.59. The maximum absolute atomic E-state index is 13.0. The molecule has 2 aromatic rings. The molecule has 0 N–H and O–H groups in total. The van der Waals surface area contributed by atoms with Gasteiger partial charge in [0.15, 0.2) is 11.5 Å². The number of halogens is 1. The van der Waals surface area contributed by atoms with Crippen LogP contribution in [0.15, 0.2) is 42.5 Å². The van der Waals surface area contributed by atoms with Crippen LogP contribution in [-0.4, -0.2) is 50.2 Å². The Kier molecular flexibility index (Phi) is 4.65. The van der Waals surface area contributed by atoms with Gasteiger partial charge in [0.1, 0.15) is 19.0 Å². The number of hydrogen-bond donors (Lipinski definition) is 0. The number of amides is 1. The summed E-state index contributed by atoms with van der Waals surface area (Å²) in [5.74, 6) is 1.37. The number of piperazine rings is 1. The van der Waals surface area contributed by atoms with Crippen LogP contribution in [0.25, 0.3) is 0 Å². The van der Waals surface area contributed by atoms with Crippen LogP contribution in [0.5, 0.6) is 11.5 Å². The van der Waals surface area contributed by atoms with Crippen molar-refractivity contribution in [1.29, 1.82) is 0 Å². The van der Waals surface area contributed by atoms with Crippen molar-refractivity contribution in [3.05, 3.63) is 53.8 Å². The van der Waals surface area contributed by atoms with Gasteiger partial charge in [-0.2, -0.15) is 0 Å². The Labute approximate surface area is 151 Å². The van der Waals surface area contributed by atoms with Crippen molar-refractivity contribution in [1.82, 2.24) is 4.90 Å². The van der Waals surface area contributed by atoms with E-state index in [4.69, 9.17) is 9.47 Å². The third-order valence-corrected chi connectivity index (χ3v) is 4.79. The smallest absolute Gasteiger partial charge is 0.227 e. The Hall–Kier alpha value is -2.76. The molecule has 6 heteroatoms. The van der Waals surface area contributed by atoms with Gasteiger partial charge in [-0.3, -0.25) is 4.79 Å². The minimum atomic E-state index is -0.283. The summed E-state index contributed by atoms with van der Waals surface area (Å²) in [6, 6.07) is 12.1. The molecule has 1 saturated heterocycles. The number of anilines is 1. The Bertz CT molecular complexity index is 786. The Morgan fingerprint density at radius 3 is 2.35 bits per heavy atom. The lowest BCUT2D eigenvalue weighted by molar-refractivity contribution is -0.130. The monoisotopic (exact) mass is 356 g/mol. The van der Waals surface area contributed by atoms with Crippen LogP contribution in [0, 0.1) is 5.82 Å². The molecule has 0 unspecified atom stereocenters. The van der Waals surface area contributed by atoms with Crippen LogP contribution >= 0.6 is 0 Å². The van der Waals surface area contributed by atoms with E-state index in [1.807, 2.05) is 23.1 Å². The average Bonchev–Trinajstić information content (AvgIpc) is 2.69. The molecule has 0 radical (unpaired) electrons. The van der Waals surface area contributed by atoms with Gasteiger partial charge < -0.3 is 19.3 Å². The first kappa shape index (κ1) is 16.7. The minimum absolute atomic E-state index is 0.0819. The van der Waals surface area contributed by atoms with Crippen molar-refractivity contribution in [2.45, 2.75) is 6.42 Å². The molecular weight excluding hydrogens is 335 g/mol. The number of rotatable bonds is 3. The van der Waals surface area contributed by atoms with Crippen LogP contribution < -0.4 is 14.4 Å². The lowest BCUT2D eigenvalue weighted by atomic mass is 10.1. The van der Waals surface area contributed by atoms with E-state index >= 15 is 0 Å². The minimum Gasteiger partial charge on any atom is -0.486 e. The highest BCUT2D eigenvalue weighted by molar-refractivity contribution is 5.79. The maximum Gasteiger partial charge on any atom is 0.227 e. The largest absolute Gasteiger partial charge is 0.486 e. The van der Waals surface area contributed by atoms with Gasteiger partial charge in [0.25, 0.3) is 0 Å². The number of ether oxygens (including phenoxy) is 2. The predicted octanol–water partition coefficient (Wildman–Crippen LogP) is 2.49. The molecule has 0 saturated carbocycles. The zero-order valence-corrected chi connectivity index (χ0v) is 14.5. The van der Waals surface area contributed by atoms with Gasteiger partial charge in [0, 0.05) is 37.9 Å². The average molecular weight is 356 g/mol. The van der Waals surface area contributed by atoms with Crippen molar-refractivity contribution in [3.8, 4) is 11.5 Å². The molecule has 0 aromatic heterocycles. The molecule has 2 aliphatic heterocycles. The molecule has 1 fully saturated rings. The Morgan fingerprint density at radius 2 is 1.62 bits per heavy atom. The molecule has 26 heavy (non-hydrogen) atoms. The lowest BCUT2D eigenvalue weighted by Crippen LogP contribution is -2.49. The van der Waals surface area contributed by atoms with Gasteiger partial charge in [-0.1, -0.05) is 12.1 Å². The van der Waals surface area contributed by atoms with E-state index in [1.165, 1.54) is 12.1 Å². The molecule has 2 aromatic carbocycles. The molecule has 136 valence electrons. The van der Waals surface area contributed by atoms with Gasteiger partial charge in [-0.05, 0) is 29.8 Å². The predicted molar refractivity (Wildman–Crippen MR) is 96.3 cm³/mol. The molecule has 1 amide bonds. The number of carbonyl (C=O) groups is 1. The molecule has 4 rings (SSSR count). The highest BCUT2D eigenvalue weighted by Gasteiger charge is 2.22. The Morgan fingerprint density at radius 1 is 0.923 bits per heavy atom. The summed E-state index contributed by atoms with van der Waals surface area (Å²) in [6.07, 6.45) is 0.310. The molecule has 0 spiro atoms. The first-order chi connectivity index (χ1) is 12.7. The second-order valence-corrected chi connectivity index (χ2v) is 6.50. The van der Waals surface area contributed by atoms with Gasteiger partial charge in [-0.15, -0.1) is 0 Å². The van der Waals surface area contributed by atoms with E-state index in [9.17, 15) is 9.18 Å². The SMILES string of the molecule is O=C(Cc1ccc(F)cc1)N1CCN(c2ccc3c(c2)OCCO3)CC1. The fourth-order valence-corrected chi connectivity index (χ4v) is 3.33. The van der Waals surface area contributed by atoms with E-state index in [0.29, 0.717) is 32.7 Å². The highest BCUT2D eigenvalue weighted by Crippen LogP contribution is 2.34. The second kappa shape index (κ2) is 7.23. The number of nitrogens with zero attached hydrogens (tertiary/aromatic N) is 2. The van der Waals surface area contributed by atoms with E-state index < -0.39 is 0 Å². The van der Waals surface area contributed by atoms with Crippen LogP contribution in [-0.2, 0) is 11.2 Å².